The maximum atomic E-state index is 12.9. The van der Waals surface area contributed by atoms with Crippen LogP contribution in [0.15, 0.2) is 18.2 Å². The van der Waals surface area contributed by atoms with Crippen LogP contribution in [0.2, 0.25) is 0 Å². The largest absolute Gasteiger partial charge is 0.496 e. The van der Waals surface area contributed by atoms with Crippen molar-refractivity contribution in [3.63, 3.8) is 0 Å². The summed E-state index contributed by atoms with van der Waals surface area (Å²) < 4.78 is 17.8. The molecular weight excluding hydrogens is 229 g/mol. The van der Waals surface area contributed by atoms with Crippen LogP contribution in [0.25, 0.3) is 0 Å². The minimum atomic E-state index is -1.36. The van der Waals surface area contributed by atoms with E-state index in [4.69, 9.17) is 10.5 Å². The summed E-state index contributed by atoms with van der Waals surface area (Å²) in [5.41, 5.74) is 5.10. The molecule has 5 nitrogen and oxygen atoms in total. The standard InChI is InChI=1S/C11H14FNO4/c1-17-9-4-6(12)2-3-7(9)11(16)8(14)5-10(13)15/h2-4,8,11,14,16H,5H2,1H3,(H2,13,15). The Bertz CT molecular complexity index is 410. The molecule has 1 aromatic carbocycles. The van der Waals surface area contributed by atoms with Crippen LogP contribution in [0.1, 0.15) is 18.1 Å². The fourth-order valence-electron chi connectivity index (χ4n) is 1.45. The number of methoxy groups -OCH3 is 1. The van der Waals surface area contributed by atoms with Gasteiger partial charge in [0, 0.05) is 11.6 Å². The number of ether oxygens (including phenoxy) is 1. The molecule has 0 aliphatic carbocycles. The highest BCUT2D eigenvalue weighted by Gasteiger charge is 2.23. The Balaban J connectivity index is 2.94. The number of nitrogens with two attached hydrogens (primary N) is 1. The summed E-state index contributed by atoms with van der Waals surface area (Å²) in [6.45, 7) is 0. The van der Waals surface area contributed by atoms with Crippen molar-refractivity contribution in [2.45, 2.75) is 18.6 Å². The minimum Gasteiger partial charge on any atom is -0.496 e. The lowest BCUT2D eigenvalue weighted by atomic mass is 10.0. The summed E-state index contributed by atoms with van der Waals surface area (Å²) >= 11 is 0. The minimum absolute atomic E-state index is 0.0982. The van der Waals surface area contributed by atoms with Gasteiger partial charge in [0.05, 0.1) is 19.6 Å². The number of halogens is 1. The number of carbonyl (C=O) groups excluding carboxylic acids is 1. The second kappa shape index (κ2) is 5.60. The van der Waals surface area contributed by atoms with Gasteiger partial charge in [0.15, 0.2) is 0 Å². The van der Waals surface area contributed by atoms with E-state index >= 15 is 0 Å². The van der Waals surface area contributed by atoms with Crippen LogP contribution in [-0.2, 0) is 4.79 Å². The van der Waals surface area contributed by atoms with E-state index in [0.29, 0.717) is 0 Å². The normalized spacial score (nSPS) is 14.1. The molecule has 1 amide bonds. The molecule has 0 saturated carbocycles. The Morgan fingerprint density at radius 1 is 1.53 bits per heavy atom. The number of aliphatic hydroxyl groups excluding tert-OH is 2. The molecular formula is C11H14FNO4. The summed E-state index contributed by atoms with van der Waals surface area (Å²) in [5, 5.41) is 19.3. The van der Waals surface area contributed by atoms with Gasteiger partial charge in [-0.15, -0.1) is 0 Å². The molecule has 0 aromatic heterocycles. The summed E-state index contributed by atoms with van der Waals surface area (Å²) in [7, 11) is 1.31. The van der Waals surface area contributed by atoms with Crippen LogP contribution in [0, 0.1) is 5.82 Å². The highest BCUT2D eigenvalue weighted by atomic mass is 19.1. The van der Waals surface area contributed by atoms with Gasteiger partial charge in [0.2, 0.25) is 5.91 Å². The number of hydrogen-bond donors (Lipinski definition) is 3. The monoisotopic (exact) mass is 243 g/mol. The molecule has 1 aromatic rings. The van der Waals surface area contributed by atoms with E-state index in [2.05, 4.69) is 0 Å². The van der Waals surface area contributed by atoms with Crippen molar-refractivity contribution in [1.82, 2.24) is 0 Å². The molecule has 2 atom stereocenters. The molecule has 0 aliphatic heterocycles. The number of benzene rings is 1. The Morgan fingerprint density at radius 3 is 2.71 bits per heavy atom. The number of aliphatic hydroxyl groups is 2. The van der Waals surface area contributed by atoms with Gasteiger partial charge >= 0.3 is 0 Å². The van der Waals surface area contributed by atoms with Gasteiger partial charge in [-0.25, -0.2) is 4.39 Å². The van der Waals surface area contributed by atoms with E-state index in [-0.39, 0.29) is 17.7 Å². The first kappa shape index (κ1) is 13.4. The van der Waals surface area contributed by atoms with E-state index in [9.17, 15) is 19.4 Å². The van der Waals surface area contributed by atoms with Crippen molar-refractivity contribution in [3.05, 3.63) is 29.6 Å². The Hall–Kier alpha value is -1.66. The summed E-state index contributed by atoms with van der Waals surface area (Å²) in [4.78, 5) is 10.6. The Labute approximate surface area is 97.6 Å². The zero-order valence-electron chi connectivity index (χ0n) is 9.26. The first-order chi connectivity index (χ1) is 7.95. The van der Waals surface area contributed by atoms with Crippen LogP contribution in [0.3, 0.4) is 0 Å². The van der Waals surface area contributed by atoms with Crippen LogP contribution in [-0.4, -0.2) is 29.3 Å². The zero-order valence-corrected chi connectivity index (χ0v) is 9.26. The first-order valence-electron chi connectivity index (χ1n) is 4.93. The third-order valence-corrected chi connectivity index (χ3v) is 2.29. The highest BCUT2D eigenvalue weighted by Crippen LogP contribution is 2.28. The molecule has 0 fully saturated rings. The van der Waals surface area contributed by atoms with Gasteiger partial charge in [-0.3, -0.25) is 4.79 Å². The van der Waals surface area contributed by atoms with Gasteiger partial charge in [-0.2, -0.15) is 0 Å². The molecule has 2 unspecified atom stereocenters. The molecule has 4 N–H and O–H groups in total. The number of hydrogen-bond acceptors (Lipinski definition) is 4. The van der Waals surface area contributed by atoms with Crippen molar-refractivity contribution in [2.75, 3.05) is 7.11 Å². The maximum Gasteiger partial charge on any atom is 0.220 e. The van der Waals surface area contributed by atoms with Crippen molar-refractivity contribution in [1.29, 1.82) is 0 Å². The molecule has 0 spiro atoms. The first-order valence-corrected chi connectivity index (χ1v) is 4.93. The van der Waals surface area contributed by atoms with Gasteiger partial charge < -0.3 is 20.7 Å². The average molecular weight is 243 g/mol. The Kier molecular flexibility index (Phi) is 4.42. The van der Waals surface area contributed by atoms with Gasteiger partial charge in [-0.1, -0.05) is 0 Å². The SMILES string of the molecule is COc1cc(F)ccc1C(O)C(O)CC(N)=O. The average Bonchev–Trinajstić information content (AvgIpc) is 2.27. The topological polar surface area (TPSA) is 92.8 Å². The van der Waals surface area contributed by atoms with E-state index < -0.39 is 23.9 Å². The lowest BCUT2D eigenvalue weighted by Gasteiger charge is -2.19. The van der Waals surface area contributed by atoms with E-state index in [1.165, 1.54) is 13.2 Å². The molecule has 94 valence electrons. The third-order valence-electron chi connectivity index (χ3n) is 2.29. The quantitative estimate of drug-likeness (QED) is 0.684. The Morgan fingerprint density at radius 2 is 2.18 bits per heavy atom. The molecule has 0 aliphatic rings. The van der Waals surface area contributed by atoms with Gasteiger partial charge in [-0.05, 0) is 12.1 Å². The smallest absolute Gasteiger partial charge is 0.220 e. The number of amides is 1. The highest BCUT2D eigenvalue weighted by molar-refractivity contribution is 5.74. The van der Waals surface area contributed by atoms with Crippen LogP contribution in [0.5, 0.6) is 5.75 Å². The van der Waals surface area contributed by atoms with Crippen molar-refractivity contribution in [3.8, 4) is 5.75 Å². The zero-order chi connectivity index (χ0) is 13.0. The molecule has 17 heavy (non-hydrogen) atoms. The van der Waals surface area contributed by atoms with E-state index in [0.717, 1.165) is 12.1 Å². The summed E-state index contributed by atoms with van der Waals surface area (Å²) in [6, 6.07) is 3.48. The molecule has 0 bridgehead atoms. The second-order valence-electron chi connectivity index (χ2n) is 3.57. The summed E-state index contributed by atoms with van der Waals surface area (Å²) in [6.07, 6.45) is -3.10. The maximum absolute atomic E-state index is 12.9. The van der Waals surface area contributed by atoms with Crippen molar-refractivity contribution < 1.29 is 24.1 Å². The molecule has 0 heterocycles. The molecule has 0 saturated heterocycles. The number of primary amides is 1. The summed E-state index contributed by atoms with van der Waals surface area (Å²) in [5.74, 6) is -1.17. The van der Waals surface area contributed by atoms with Gasteiger partial charge in [0.25, 0.3) is 0 Å². The fourth-order valence-corrected chi connectivity index (χ4v) is 1.45. The number of carbonyl (C=O) groups is 1. The lowest BCUT2D eigenvalue weighted by Crippen LogP contribution is -2.26. The fraction of sp³-hybridized carbons (Fsp3) is 0.364. The molecule has 0 radical (unpaired) electrons. The van der Waals surface area contributed by atoms with Crippen molar-refractivity contribution in [2.24, 2.45) is 5.73 Å². The van der Waals surface area contributed by atoms with E-state index in [1.54, 1.807) is 0 Å². The van der Waals surface area contributed by atoms with Crippen molar-refractivity contribution >= 4 is 5.91 Å². The molecule has 6 heteroatoms. The van der Waals surface area contributed by atoms with Crippen LogP contribution < -0.4 is 10.5 Å². The van der Waals surface area contributed by atoms with Crippen LogP contribution >= 0.6 is 0 Å². The van der Waals surface area contributed by atoms with Crippen LogP contribution in [0.4, 0.5) is 4.39 Å². The lowest BCUT2D eigenvalue weighted by molar-refractivity contribution is -0.121. The predicted octanol–water partition coefficient (Wildman–Crippen LogP) is 0.104. The number of rotatable bonds is 5. The van der Waals surface area contributed by atoms with E-state index in [1.807, 2.05) is 0 Å². The second-order valence-corrected chi connectivity index (χ2v) is 3.57. The predicted molar refractivity (Wildman–Crippen MR) is 57.7 cm³/mol. The van der Waals surface area contributed by atoms with Gasteiger partial charge in [0.1, 0.15) is 17.7 Å². The third kappa shape index (κ3) is 3.40. The molecule has 1 rings (SSSR count).